The van der Waals surface area contributed by atoms with Crippen molar-refractivity contribution in [2.24, 2.45) is 0 Å². The fourth-order valence-electron chi connectivity index (χ4n) is 2.88. The van der Waals surface area contributed by atoms with E-state index < -0.39 is 16.5 Å². The van der Waals surface area contributed by atoms with E-state index in [0.29, 0.717) is 16.5 Å². The summed E-state index contributed by atoms with van der Waals surface area (Å²) in [7, 11) is 0. The van der Waals surface area contributed by atoms with Gasteiger partial charge in [-0.05, 0) is 22.9 Å². The fourth-order valence-corrected chi connectivity index (χ4v) is 3.60. The summed E-state index contributed by atoms with van der Waals surface area (Å²) in [4.78, 5) is 34.4. The number of rotatable bonds is 4. The Hall–Kier alpha value is -3.52. The van der Waals surface area contributed by atoms with E-state index in [0.717, 1.165) is 22.1 Å². The number of fused-ring (bicyclic) bond motifs is 3. The van der Waals surface area contributed by atoms with Gasteiger partial charge in [-0.2, -0.15) is 0 Å². The lowest BCUT2D eigenvalue weighted by Gasteiger charge is -2.09. The molecule has 0 aliphatic carbocycles. The van der Waals surface area contributed by atoms with E-state index in [1.807, 2.05) is 30.3 Å². The average Bonchev–Trinajstić information content (AvgIpc) is 3.16. The zero-order valence-corrected chi connectivity index (χ0v) is 14.5. The second kappa shape index (κ2) is 6.65. The zero-order valence-electron chi connectivity index (χ0n) is 13.7. The van der Waals surface area contributed by atoms with Crippen molar-refractivity contribution >= 4 is 44.0 Å². The number of nitrogens with zero attached hydrogens (tertiary/aromatic N) is 1. The quantitative estimate of drug-likeness (QED) is 0.172. The number of nitro groups is 1. The maximum atomic E-state index is 12.2. The highest BCUT2D eigenvalue weighted by Crippen LogP contribution is 2.29. The van der Waals surface area contributed by atoms with Gasteiger partial charge < -0.3 is 9.15 Å². The first-order valence-corrected chi connectivity index (χ1v) is 8.70. The molecule has 0 spiro atoms. The summed E-state index contributed by atoms with van der Waals surface area (Å²) in [5.74, 6) is -0.685. The molecule has 0 N–H and O–H groups in total. The van der Waals surface area contributed by atoms with Crippen LogP contribution in [0.4, 0.5) is 5.00 Å². The van der Waals surface area contributed by atoms with Crippen molar-refractivity contribution in [3.8, 4) is 0 Å². The fraction of sp³-hybridized carbons (Fsp3) is 0.0526. The Morgan fingerprint density at radius 3 is 2.74 bits per heavy atom. The number of ether oxygens (including phenoxy) is 1. The lowest BCUT2D eigenvalue weighted by molar-refractivity contribution is -0.380. The summed E-state index contributed by atoms with van der Waals surface area (Å²) in [5.41, 5.74) is 0.368. The van der Waals surface area contributed by atoms with Crippen molar-refractivity contribution in [3.05, 3.63) is 85.6 Å². The third-order valence-electron chi connectivity index (χ3n) is 4.05. The van der Waals surface area contributed by atoms with E-state index >= 15 is 0 Å². The summed E-state index contributed by atoms with van der Waals surface area (Å²) < 4.78 is 10.6. The molecule has 0 aliphatic rings. The number of benzene rings is 2. The van der Waals surface area contributed by atoms with E-state index in [-0.39, 0.29) is 16.5 Å². The number of thiophene rings is 1. The highest BCUT2D eigenvalue weighted by Gasteiger charge is 2.17. The highest BCUT2D eigenvalue weighted by molar-refractivity contribution is 7.17. The molecule has 2 aromatic carbocycles. The van der Waals surface area contributed by atoms with Crippen LogP contribution in [0.3, 0.4) is 0 Å². The van der Waals surface area contributed by atoms with Gasteiger partial charge in [-0.1, -0.05) is 41.7 Å². The van der Waals surface area contributed by atoms with E-state index in [1.54, 1.807) is 6.07 Å². The molecule has 4 rings (SSSR count). The Balaban J connectivity index is 1.70. The van der Waals surface area contributed by atoms with Crippen molar-refractivity contribution in [2.45, 2.75) is 6.61 Å². The van der Waals surface area contributed by atoms with E-state index in [1.165, 1.54) is 18.2 Å². The van der Waals surface area contributed by atoms with E-state index in [4.69, 9.17) is 9.15 Å². The minimum atomic E-state index is -0.685. The van der Waals surface area contributed by atoms with Gasteiger partial charge in [0.25, 0.3) is 0 Å². The molecule has 0 bridgehead atoms. The Labute approximate surface area is 155 Å². The molecule has 0 fully saturated rings. The van der Waals surface area contributed by atoms with Crippen LogP contribution in [0.1, 0.15) is 15.2 Å². The molecule has 0 radical (unpaired) electrons. The topological polar surface area (TPSA) is 99.7 Å². The molecule has 8 heteroatoms. The van der Waals surface area contributed by atoms with Gasteiger partial charge in [-0.3, -0.25) is 10.1 Å². The molecule has 134 valence electrons. The van der Waals surface area contributed by atoms with Crippen LogP contribution in [0.5, 0.6) is 0 Å². The van der Waals surface area contributed by atoms with Crippen LogP contribution in [-0.4, -0.2) is 10.9 Å². The maximum absolute atomic E-state index is 12.2. The van der Waals surface area contributed by atoms with Gasteiger partial charge in [0.1, 0.15) is 17.1 Å². The van der Waals surface area contributed by atoms with Crippen LogP contribution in [0.25, 0.3) is 21.7 Å². The molecule has 0 aliphatic heterocycles. The van der Waals surface area contributed by atoms with Crippen molar-refractivity contribution in [2.75, 3.05) is 0 Å². The predicted octanol–water partition coefficient (Wildman–Crippen LogP) is 4.27. The molecule has 0 atom stereocenters. The SMILES string of the molecule is O=C(OCc1cc(=O)oc2ccc3ccccc3c12)c1ccc([N+](=O)[O-])s1. The Morgan fingerprint density at radius 2 is 1.96 bits per heavy atom. The van der Waals surface area contributed by atoms with Gasteiger partial charge in [0.05, 0.1) is 4.92 Å². The average molecular weight is 381 g/mol. The lowest BCUT2D eigenvalue weighted by Crippen LogP contribution is -2.07. The smallest absolute Gasteiger partial charge is 0.348 e. The van der Waals surface area contributed by atoms with Crippen molar-refractivity contribution < 1.29 is 18.9 Å². The summed E-state index contributed by atoms with van der Waals surface area (Å²) in [6.45, 7) is -0.152. The van der Waals surface area contributed by atoms with Gasteiger partial charge in [0.2, 0.25) is 0 Å². The van der Waals surface area contributed by atoms with Crippen LogP contribution >= 0.6 is 11.3 Å². The Morgan fingerprint density at radius 1 is 1.15 bits per heavy atom. The molecule has 0 saturated carbocycles. The molecule has 7 nitrogen and oxygen atoms in total. The third-order valence-corrected chi connectivity index (χ3v) is 5.06. The normalized spacial score (nSPS) is 11.0. The molecule has 2 heterocycles. The molecule has 0 saturated heterocycles. The molecule has 0 unspecified atom stereocenters. The van der Waals surface area contributed by atoms with Gasteiger partial charge in [0.15, 0.2) is 0 Å². The summed E-state index contributed by atoms with van der Waals surface area (Å²) in [6.07, 6.45) is 0. The van der Waals surface area contributed by atoms with Gasteiger partial charge in [-0.25, -0.2) is 9.59 Å². The number of hydrogen-bond donors (Lipinski definition) is 0. The summed E-state index contributed by atoms with van der Waals surface area (Å²) in [5, 5.41) is 13.1. The van der Waals surface area contributed by atoms with Crippen LogP contribution in [0.15, 0.2) is 63.8 Å². The molecular formula is C19H11NO6S. The Kier molecular flexibility index (Phi) is 4.17. The monoisotopic (exact) mass is 381 g/mol. The van der Waals surface area contributed by atoms with Crippen LogP contribution in [0, 0.1) is 10.1 Å². The second-order valence-electron chi connectivity index (χ2n) is 5.72. The largest absolute Gasteiger partial charge is 0.457 e. The number of hydrogen-bond acceptors (Lipinski definition) is 7. The van der Waals surface area contributed by atoms with E-state index in [9.17, 15) is 19.7 Å². The summed E-state index contributed by atoms with van der Waals surface area (Å²) in [6, 6.07) is 15.0. The molecule has 2 aromatic heterocycles. The Bertz CT molecular complexity index is 1260. The van der Waals surface area contributed by atoms with E-state index in [2.05, 4.69) is 0 Å². The lowest BCUT2D eigenvalue weighted by atomic mass is 10.0. The molecular weight excluding hydrogens is 370 g/mol. The highest BCUT2D eigenvalue weighted by atomic mass is 32.1. The minimum absolute atomic E-state index is 0.124. The zero-order chi connectivity index (χ0) is 19.0. The number of carbonyl (C=O) groups is 1. The van der Waals surface area contributed by atoms with Gasteiger partial charge >= 0.3 is 16.6 Å². The maximum Gasteiger partial charge on any atom is 0.348 e. The van der Waals surface area contributed by atoms with Crippen LogP contribution in [0.2, 0.25) is 0 Å². The van der Waals surface area contributed by atoms with Crippen LogP contribution < -0.4 is 5.63 Å². The molecule has 27 heavy (non-hydrogen) atoms. The van der Waals surface area contributed by atoms with Gasteiger partial charge in [0, 0.05) is 23.1 Å². The summed E-state index contributed by atoms with van der Waals surface area (Å²) >= 11 is 0.740. The van der Waals surface area contributed by atoms with Crippen molar-refractivity contribution in [3.63, 3.8) is 0 Å². The first kappa shape index (κ1) is 16.9. The first-order chi connectivity index (χ1) is 13.0. The van der Waals surface area contributed by atoms with Crippen molar-refractivity contribution in [1.82, 2.24) is 0 Å². The minimum Gasteiger partial charge on any atom is -0.457 e. The predicted molar refractivity (Wildman–Crippen MR) is 100 cm³/mol. The second-order valence-corrected chi connectivity index (χ2v) is 6.78. The standard InChI is InChI=1S/C19H11NO6S/c21-17-9-12(10-25-19(22)15-7-8-16(27-15)20(23)24)18-13-4-2-1-3-11(13)5-6-14(18)26-17/h1-9H,10H2. The number of carbonyl (C=O) groups excluding carboxylic acids is 1. The first-order valence-electron chi connectivity index (χ1n) is 7.89. The number of esters is 1. The molecule has 4 aromatic rings. The third kappa shape index (κ3) is 3.18. The van der Waals surface area contributed by atoms with Gasteiger partial charge in [-0.15, -0.1) is 0 Å². The molecule has 0 amide bonds. The van der Waals surface area contributed by atoms with Crippen molar-refractivity contribution in [1.29, 1.82) is 0 Å². The van der Waals surface area contributed by atoms with Crippen LogP contribution in [-0.2, 0) is 11.3 Å².